The summed E-state index contributed by atoms with van der Waals surface area (Å²) in [5, 5.41) is 6.00. The summed E-state index contributed by atoms with van der Waals surface area (Å²) >= 11 is 0. The van der Waals surface area contributed by atoms with Gasteiger partial charge in [0.2, 0.25) is 11.8 Å². The van der Waals surface area contributed by atoms with E-state index in [1.807, 2.05) is 51.1 Å². The topological polar surface area (TPSA) is 97.8 Å². The molecule has 0 aliphatic carbocycles. The van der Waals surface area contributed by atoms with E-state index >= 15 is 4.39 Å². The quantitative estimate of drug-likeness (QED) is 0.169. The Morgan fingerprint density at radius 1 is 1.02 bits per heavy atom. The molecule has 5 rings (SSSR count). The molecule has 45 heavy (non-hydrogen) atoms. The molecule has 1 fully saturated rings. The van der Waals surface area contributed by atoms with E-state index in [9.17, 15) is 4.79 Å². The normalized spacial score (nSPS) is 14.9. The summed E-state index contributed by atoms with van der Waals surface area (Å²) in [7, 11) is 2.09. The fourth-order valence-corrected chi connectivity index (χ4v) is 5.26. The van der Waals surface area contributed by atoms with Crippen LogP contribution in [0.4, 0.5) is 21.7 Å². The molecule has 1 unspecified atom stereocenters. The number of para-hydroxylation sites is 3. The van der Waals surface area contributed by atoms with Crippen molar-refractivity contribution in [2.24, 2.45) is 5.92 Å². The maximum atomic E-state index is 15.0. The van der Waals surface area contributed by atoms with E-state index in [0.29, 0.717) is 42.0 Å². The second-order valence-corrected chi connectivity index (χ2v) is 11.4. The first-order chi connectivity index (χ1) is 21.8. The summed E-state index contributed by atoms with van der Waals surface area (Å²) in [6.07, 6.45) is 4.39. The van der Waals surface area contributed by atoms with E-state index in [-0.39, 0.29) is 23.1 Å². The van der Waals surface area contributed by atoms with Gasteiger partial charge in [0.15, 0.2) is 23.1 Å². The van der Waals surface area contributed by atoms with Crippen molar-refractivity contribution in [2.75, 3.05) is 44.0 Å². The molecule has 1 aliphatic rings. The highest BCUT2D eigenvalue weighted by molar-refractivity contribution is 6.06. The number of hydrogen-bond donors (Lipinski definition) is 2. The number of benzene rings is 3. The van der Waals surface area contributed by atoms with Crippen LogP contribution in [0.1, 0.15) is 47.7 Å². The van der Waals surface area contributed by atoms with E-state index < -0.39 is 11.7 Å². The van der Waals surface area contributed by atoms with Gasteiger partial charge in [-0.05, 0) is 82.1 Å². The van der Waals surface area contributed by atoms with E-state index in [1.54, 1.807) is 24.3 Å². The maximum absolute atomic E-state index is 15.0. The molecule has 0 spiro atoms. The number of likely N-dealkylation sites (tertiary alicyclic amines) is 1. The predicted molar refractivity (Wildman–Crippen MR) is 174 cm³/mol. The Morgan fingerprint density at radius 3 is 2.53 bits per heavy atom. The molecule has 4 aromatic rings. The lowest BCUT2D eigenvalue weighted by atomic mass is 10.00. The monoisotopic (exact) mass is 613 g/mol. The lowest BCUT2D eigenvalue weighted by molar-refractivity contribution is 0.102. The number of amides is 1. The molecule has 1 aromatic heterocycles. The number of ether oxygens (including phenoxy) is 3. The average molecular weight is 614 g/mol. The smallest absolute Gasteiger partial charge is 0.262 e. The molecule has 1 amide bonds. The maximum Gasteiger partial charge on any atom is 0.262 e. The fourth-order valence-electron chi connectivity index (χ4n) is 5.26. The minimum absolute atomic E-state index is 0.0154. The van der Waals surface area contributed by atoms with E-state index in [4.69, 9.17) is 14.2 Å². The van der Waals surface area contributed by atoms with Gasteiger partial charge in [-0.15, -0.1) is 0 Å². The van der Waals surface area contributed by atoms with Crippen LogP contribution in [0, 0.1) is 25.6 Å². The Morgan fingerprint density at radius 2 is 1.80 bits per heavy atom. The standard InChI is InChI=1S/C35H40FN5O4/c1-5-18-43-30-13-6-7-14-31(30)45-34-27(33(42)39-32-23(2)10-8-11-24(32)3)20-37-35(40-34)38-26-15-16-29(28(36)19-26)44-22-25-12-9-17-41(4)21-25/h6-8,10-11,13-16,19-20,25H,5,9,12,17-18,21-22H2,1-4H3,(H,39,42)(H,37,38,40). The number of aromatic nitrogens is 2. The number of carbonyl (C=O) groups is 1. The number of aryl methyl sites for hydroxylation is 2. The minimum atomic E-state index is -0.493. The zero-order valence-electron chi connectivity index (χ0n) is 26.2. The van der Waals surface area contributed by atoms with Gasteiger partial charge in [0, 0.05) is 36.1 Å². The minimum Gasteiger partial charge on any atom is -0.490 e. The number of hydrogen-bond acceptors (Lipinski definition) is 8. The molecule has 0 radical (unpaired) electrons. The van der Waals surface area contributed by atoms with Crippen molar-refractivity contribution < 1.29 is 23.4 Å². The summed E-state index contributed by atoms with van der Waals surface area (Å²) in [4.78, 5) is 24.7. The van der Waals surface area contributed by atoms with Crippen molar-refractivity contribution in [3.63, 3.8) is 0 Å². The summed E-state index contributed by atoms with van der Waals surface area (Å²) < 4.78 is 32.9. The molecule has 0 saturated carbocycles. The first-order valence-corrected chi connectivity index (χ1v) is 15.3. The third kappa shape index (κ3) is 8.27. The van der Waals surface area contributed by atoms with Crippen molar-refractivity contribution in [3.05, 3.63) is 89.4 Å². The Hall–Kier alpha value is -4.70. The molecule has 10 heteroatoms. The first kappa shape index (κ1) is 31.7. The molecule has 1 aliphatic heterocycles. The fraction of sp³-hybridized carbons (Fsp3) is 0.343. The Bertz CT molecular complexity index is 1610. The van der Waals surface area contributed by atoms with Crippen LogP contribution in [-0.4, -0.2) is 54.1 Å². The van der Waals surface area contributed by atoms with Crippen molar-refractivity contribution in [3.8, 4) is 23.1 Å². The largest absolute Gasteiger partial charge is 0.490 e. The molecule has 1 atom stereocenters. The van der Waals surface area contributed by atoms with Crippen molar-refractivity contribution in [2.45, 2.75) is 40.0 Å². The number of carbonyl (C=O) groups excluding carboxylic acids is 1. The zero-order valence-corrected chi connectivity index (χ0v) is 26.2. The third-order valence-electron chi connectivity index (χ3n) is 7.62. The zero-order chi connectivity index (χ0) is 31.8. The van der Waals surface area contributed by atoms with Crippen LogP contribution < -0.4 is 24.8 Å². The van der Waals surface area contributed by atoms with Gasteiger partial charge < -0.3 is 29.7 Å². The molecule has 2 N–H and O–H groups in total. The number of nitrogens with one attached hydrogen (secondary N) is 2. The summed E-state index contributed by atoms with van der Waals surface area (Å²) in [5.41, 5.74) is 3.09. The average Bonchev–Trinajstić information content (AvgIpc) is 3.02. The molecule has 2 heterocycles. The van der Waals surface area contributed by atoms with E-state index in [0.717, 1.165) is 43.5 Å². The number of halogens is 1. The van der Waals surface area contributed by atoms with Crippen molar-refractivity contribution in [1.82, 2.24) is 14.9 Å². The van der Waals surface area contributed by atoms with E-state index in [1.165, 1.54) is 12.3 Å². The molecular weight excluding hydrogens is 573 g/mol. The van der Waals surface area contributed by atoms with Gasteiger partial charge in [0.1, 0.15) is 5.56 Å². The highest BCUT2D eigenvalue weighted by Gasteiger charge is 2.21. The lowest BCUT2D eigenvalue weighted by Gasteiger charge is -2.29. The van der Waals surface area contributed by atoms with Gasteiger partial charge in [-0.25, -0.2) is 9.37 Å². The van der Waals surface area contributed by atoms with Crippen LogP contribution in [0.5, 0.6) is 23.1 Å². The highest BCUT2D eigenvalue weighted by Crippen LogP contribution is 2.34. The second kappa shape index (κ2) is 14.9. The van der Waals surface area contributed by atoms with Gasteiger partial charge in [0.25, 0.3) is 5.91 Å². The van der Waals surface area contributed by atoms with Gasteiger partial charge in [-0.3, -0.25) is 4.79 Å². The van der Waals surface area contributed by atoms with Crippen molar-refractivity contribution >= 4 is 23.2 Å². The van der Waals surface area contributed by atoms with Crippen LogP contribution in [0.25, 0.3) is 0 Å². The van der Waals surface area contributed by atoms with Gasteiger partial charge in [-0.2, -0.15) is 4.98 Å². The Balaban J connectivity index is 1.38. The van der Waals surface area contributed by atoms with Gasteiger partial charge >= 0.3 is 0 Å². The van der Waals surface area contributed by atoms with Crippen LogP contribution in [0.15, 0.2) is 66.9 Å². The predicted octanol–water partition coefficient (Wildman–Crippen LogP) is 7.53. The second-order valence-electron chi connectivity index (χ2n) is 11.4. The summed E-state index contributed by atoms with van der Waals surface area (Å²) in [5.74, 6) is 0.696. The summed E-state index contributed by atoms with van der Waals surface area (Å²) in [6.45, 7) is 8.85. The lowest BCUT2D eigenvalue weighted by Crippen LogP contribution is -2.34. The van der Waals surface area contributed by atoms with Gasteiger partial charge in [0.05, 0.1) is 13.2 Å². The van der Waals surface area contributed by atoms with Crippen LogP contribution in [0.2, 0.25) is 0 Å². The molecule has 9 nitrogen and oxygen atoms in total. The SMILES string of the molecule is CCCOc1ccccc1Oc1nc(Nc2ccc(OCC3CCCN(C)C3)c(F)c2)ncc1C(=O)Nc1c(C)cccc1C. The van der Waals surface area contributed by atoms with Gasteiger partial charge in [-0.1, -0.05) is 37.3 Å². The number of piperidine rings is 1. The van der Waals surface area contributed by atoms with Crippen LogP contribution >= 0.6 is 0 Å². The van der Waals surface area contributed by atoms with Crippen molar-refractivity contribution in [1.29, 1.82) is 0 Å². The molecular formula is C35H40FN5O4. The molecule has 1 saturated heterocycles. The number of anilines is 3. The van der Waals surface area contributed by atoms with Crippen LogP contribution in [-0.2, 0) is 0 Å². The summed E-state index contributed by atoms with van der Waals surface area (Å²) in [6, 6.07) is 17.6. The van der Waals surface area contributed by atoms with Crippen LogP contribution in [0.3, 0.4) is 0 Å². The molecule has 0 bridgehead atoms. The Labute approximate surface area is 263 Å². The number of rotatable bonds is 12. The van der Waals surface area contributed by atoms with E-state index in [2.05, 4.69) is 32.5 Å². The molecule has 3 aromatic carbocycles. The molecule has 236 valence electrons. The highest BCUT2D eigenvalue weighted by atomic mass is 19.1. The number of nitrogens with zero attached hydrogens (tertiary/aromatic N) is 3. The third-order valence-corrected chi connectivity index (χ3v) is 7.62. The first-order valence-electron chi connectivity index (χ1n) is 15.3. The Kier molecular flexibility index (Phi) is 10.5.